The Balaban J connectivity index is 4.31. The lowest BCUT2D eigenvalue weighted by Crippen LogP contribution is -2.50. The third kappa shape index (κ3) is 27.4. The van der Waals surface area contributed by atoms with E-state index in [2.05, 4.69) is 31.3 Å². The molecule has 3 unspecified atom stereocenters. The van der Waals surface area contributed by atoms with Crippen molar-refractivity contribution in [2.75, 3.05) is 5.75 Å². The first-order valence-corrected chi connectivity index (χ1v) is 18.4. The van der Waals surface area contributed by atoms with E-state index in [1.807, 2.05) is 6.08 Å². The lowest BCUT2D eigenvalue weighted by molar-refractivity contribution is -0.130. The van der Waals surface area contributed by atoms with E-state index in [4.69, 9.17) is 0 Å². The van der Waals surface area contributed by atoms with E-state index < -0.39 is 40.0 Å². The maximum absolute atomic E-state index is 12.4. The average molecular weight is 614 g/mol. The third-order valence-electron chi connectivity index (χ3n) is 7.43. The number of carbonyl (C=O) groups is 1. The van der Waals surface area contributed by atoms with Gasteiger partial charge in [0.25, 0.3) is 10.1 Å². The third-order valence-corrected chi connectivity index (χ3v) is 8.21. The van der Waals surface area contributed by atoms with E-state index >= 15 is 0 Å². The SMILES string of the molecule is CCCCCCCC/C=C\C/C=C\CC(O)C(=O)NC(CS(=O)(=O)O)C(O)/C=C/CCCCCCCCCCCCC. The number of carbonyl (C=O) groups excluding carboxylic acids is 1. The zero-order valence-corrected chi connectivity index (χ0v) is 27.5. The second-order valence-electron chi connectivity index (χ2n) is 11.6. The molecule has 4 N–H and O–H groups in total. The minimum absolute atomic E-state index is 0.0699. The van der Waals surface area contributed by atoms with E-state index in [1.54, 1.807) is 12.2 Å². The Morgan fingerprint density at radius 3 is 1.62 bits per heavy atom. The second-order valence-corrected chi connectivity index (χ2v) is 13.1. The Morgan fingerprint density at radius 2 is 1.12 bits per heavy atom. The van der Waals surface area contributed by atoms with Crippen LogP contribution in [0.25, 0.3) is 0 Å². The summed E-state index contributed by atoms with van der Waals surface area (Å²) < 4.78 is 32.2. The molecule has 0 aromatic carbocycles. The molecule has 0 spiro atoms. The quantitative estimate of drug-likeness (QED) is 0.0385. The number of rotatable bonds is 29. The summed E-state index contributed by atoms with van der Waals surface area (Å²) in [6, 6.07) is -1.26. The fourth-order valence-corrected chi connectivity index (χ4v) is 5.53. The van der Waals surface area contributed by atoms with Gasteiger partial charge in [-0.3, -0.25) is 9.35 Å². The number of nitrogens with one attached hydrogen (secondary N) is 1. The highest BCUT2D eigenvalue weighted by Crippen LogP contribution is 2.13. The van der Waals surface area contributed by atoms with Crippen molar-refractivity contribution in [2.24, 2.45) is 0 Å². The molecule has 3 atom stereocenters. The number of aliphatic hydroxyl groups excluding tert-OH is 2. The van der Waals surface area contributed by atoms with Gasteiger partial charge in [-0.2, -0.15) is 8.42 Å². The summed E-state index contributed by atoms with van der Waals surface area (Å²) in [5.41, 5.74) is 0. The largest absolute Gasteiger partial charge is 0.387 e. The summed E-state index contributed by atoms with van der Waals surface area (Å²) >= 11 is 0. The van der Waals surface area contributed by atoms with Crippen molar-refractivity contribution in [1.29, 1.82) is 0 Å². The van der Waals surface area contributed by atoms with E-state index in [9.17, 15) is 28.0 Å². The minimum Gasteiger partial charge on any atom is -0.387 e. The van der Waals surface area contributed by atoms with Crippen molar-refractivity contribution in [1.82, 2.24) is 5.32 Å². The molecule has 0 aromatic rings. The highest BCUT2D eigenvalue weighted by atomic mass is 32.2. The van der Waals surface area contributed by atoms with Gasteiger partial charge in [-0.25, -0.2) is 0 Å². The molecule has 0 radical (unpaired) electrons. The minimum atomic E-state index is -4.45. The van der Waals surface area contributed by atoms with Crippen LogP contribution in [-0.4, -0.2) is 53.1 Å². The molecule has 1 amide bonds. The van der Waals surface area contributed by atoms with Crippen LogP contribution in [-0.2, 0) is 14.9 Å². The van der Waals surface area contributed by atoms with Gasteiger partial charge >= 0.3 is 0 Å². The molecule has 0 aromatic heterocycles. The normalized spacial score (nSPS) is 14.7. The molecule has 7 nitrogen and oxygen atoms in total. The van der Waals surface area contributed by atoms with Crippen molar-refractivity contribution in [3.63, 3.8) is 0 Å². The molecule has 0 saturated carbocycles. The Kier molecular flexibility index (Phi) is 27.3. The van der Waals surface area contributed by atoms with Crippen molar-refractivity contribution in [3.05, 3.63) is 36.5 Å². The maximum atomic E-state index is 12.4. The van der Waals surface area contributed by atoms with E-state index in [1.165, 1.54) is 102 Å². The number of hydrogen-bond acceptors (Lipinski definition) is 5. The van der Waals surface area contributed by atoms with Gasteiger partial charge in [0.15, 0.2) is 0 Å². The standard InChI is InChI=1S/C34H63NO6S/c1-3-5-7-9-11-13-15-17-19-20-22-24-26-28-32(36)31(30-42(39,40)41)35-34(38)33(37)29-27-25-23-21-18-16-14-12-10-8-6-4-2/h18,21,25-28,31-33,36-37H,3-17,19-20,22-24,29-30H2,1-2H3,(H,35,38)(H,39,40,41)/b21-18-,27-25-,28-26+. The number of hydrogen-bond donors (Lipinski definition) is 4. The molecule has 246 valence electrons. The maximum Gasteiger partial charge on any atom is 0.267 e. The van der Waals surface area contributed by atoms with Crippen LogP contribution in [0.2, 0.25) is 0 Å². The van der Waals surface area contributed by atoms with Gasteiger partial charge < -0.3 is 15.5 Å². The Morgan fingerprint density at radius 1 is 0.667 bits per heavy atom. The molecule has 0 rings (SSSR count). The number of aliphatic hydroxyl groups is 2. The number of amides is 1. The van der Waals surface area contributed by atoms with Gasteiger partial charge in [0.1, 0.15) is 6.10 Å². The summed E-state index contributed by atoms with van der Waals surface area (Å²) in [5, 5.41) is 23.1. The van der Waals surface area contributed by atoms with Gasteiger partial charge in [-0.1, -0.05) is 147 Å². The molecule has 0 aliphatic heterocycles. The second kappa shape index (κ2) is 28.3. The molecule has 0 aliphatic rings. The fourth-order valence-electron chi connectivity index (χ4n) is 4.79. The molecule has 8 heteroatoms. The monoisotopic (exact) mass is 613 g/mol. The van der Waals surface area contributed by atoms with Crippen LogP contribution in [0.4, 0.5) is 0 Å². The number of unbranched alkanes of at least 4 members (excludes halogenated alkanes) is 17. The number of allylic oxidation sites excluding steroid dienone is 4. The highest BCUT2D eigenvalue weighted by Gasteiger charge is 2.27. The summed E-state index contributed by atoms with van der Waals surface area (Å²) in [4.78, 5) is 12.4. The Labute approximate surface area is 258 Å². The molecule has 0 heterocycles. The Bertz CT molecular complexity index is 824. The summed E-state index contributed by atoms with van der Waals surface area (Å²) in [7, 11) is -4.45. The summed E-state index contributed by atoms with van der Waals surface area (Å²) in [5.74, 6) is -1.63. The van der Waals surface area contributed by atoms with Gasteiger partial charge in [0.2, 0.25) is 5.91 Å². The van der Waals surface area contributed by atoms with Crippen LogP contribution >= 0.6 is 0 Å². The molecule has 0 saturated heterocycles. The zero-order chi connectivity index (χ0) is 31.3. The van der Waals surface area contributed by atoms with Crippen LogP contribution in [0.5, 0.6) is 0 Å². The summed E-state index contributed by atoms with van der Waals surface area (Å²) in [6.45, 7) is 4.45. The smallest absolute Gasteiger partial charge is 0.267 e. The highest BCUT2D eigenvalue weighted by molar-refractivity contribution is 7.85. The van der Waals surface area contributed by atoms with E-state index in [-0.39, 0.29) is 6.42 Å². The molecular weight excluding hydrogens is 550 g/mol. The van der Waals surface area contributed by atoms with Crippen molar-refractivity contribution in [3.8, 4) is 0 Å². The molecule has 42 heavy (non-hydrogen) atoms. The predicted molar refractivity (Wildman–Crippen MR) is 176 cm³/mol. The predicted octanol–water partition coefficient (Wildman–Crippen LogP) is 7.98. The van der Waals surface area contributed by atoms with Crippen LogP contribution in [0.1, 0.15) is 149 Å². The first-order valence-electron chi connectivity index (χ1n) is 16.8. The van der Waals surface area contributed by atoms with Crippen molar-refractivity contribution >= 4 is 16.0 Å². The van der Waals surface area contributed by atoms with E-state index in [0.717, 1.165) is 25.7 Å². The average Bonchev–Trinajstić information content (AvgIpc) is 2.94. The van der Waals surface area contributed by atoms with Crippen LogP contribution in [0.3, 0.4) is 0 Å². The first-order chi connectivity index (χ1) is 20.2. The van der Waals surface area contributed by atoms with Crippen molar-refractivity contribution in [2.45, 2.75) is 167 Å². The fraction of sp³-hybridized carbons (Fsp3) is 0.794. The van der Waals surface area contributed by atoms with Gasteiger partial charge in [-0.05, 0) is 32.1 Å². The van der Waals surface area contributed by atoms with Crippen molar-refractivity contribution < 1.29 is 28.0 Å². The van der Waals surface area contributed by atoms with Crippen LogP contribution in [0.15, 0.2) is 36.5 Å². The summed E-state index contributed by atoms with van der Waals surface area (Å²) in [6.07, 6.45) is 32.2. The molecular formula is C34H63NO6S. The van der Waals surface area contributed by atoms with Gasteiger partial charge in [0.05, 0.1) is 17.9 Å². The lowest BCUT2D eigenvalue weighted by atomic mass is 10.0. The van der Waals surface area contributed by atoms with Crippen LogP contribution < -0.4 is 5.32 Å². The van der Waals surface area contributed by atoms with Crippen LogP contribution in [0, 0.1) is 0 Å². The Hall–Kier alpha value is -1.48. The lowest BCUT2D eigenvalue weighted by Gasteiger charge is -2.22. The first kappa shape index (κ1) is 40.5. The molecule has 0 aliphatic carbocycles. The van der Waals surface area contributed by atoms with E-state index in [0.29, 0.717) is 6.42 Å². The molecule has 0 fully saturated rings. The molecule has 0 bridgehead atoms. The van der Waals surface area contributed by atoms with Gasteiger partial charge in [-0.15, -0.1) is 0 Å². The van der Waals surface area contributed by atoms with Gasteiger partial charge in [0, 0.05) is 6.42 Å². The topological polar surface area (TPSA) is 124 Å². The zero-order valence-electron chi connectivity index (χ0n) is 26.7.